The van der Waals surface area contributed by atoms with Gasteiger partial charge in [-0.15, -0.1) is 0 Å². The summed E-state index contributed by atoms with van der Waals surface area (Å²) in [5.41, 5.74) is 4.04. The zero-order valence-corrected chi connectivity index (χ0v) is 16.3. The molecule has 2 heterocycles. The van der Waals surface area contributed by atoms with E-state index in [4.69, 9.17) is 0 Å². The first-order valence-electron chi connectivity index (χ1n) is 10.1. The lowest BCUT2D eigenvalue weighted by molar-refractivity contribution is 0.0946. The van der Waals surface area contributed by atoms with Crippen LogP contribution in [-0.2, 0) is 13.0 Å². The van der Waals surface area contributed by atoms with Gasteiger partial charge in [0.05, 0.1) is 0 Å². The van der Waals surface area contributed by atoms with Gasteiger partial charge < -0.3 is 15.5 Å². The molecule has 2 aromatic rings. The van der Waals surface area contributed by atoms with Crippen LogP contribution in [0.4, 0.5) is 4.79 Å². The van der Waals surface area contributed by atoms with Crippen LogP contribution in [0.15, 0.2) is 48.5 Å². The molecule has 5 nitrogen and oxygen atoms in total. The van der Waals surface area contributed by atoms with E-state index in [-0.39, 0.29) is 18.0 Å². The maximum absolute atomic E-state index is 12.9. The molecule has 2 atom stereocenters. The molecule has 2 N–H and O–H groups in total. The molecule has 4 rings (SSSR count). The Balaban J connectivity index is 1.41. The predicted molar refractivity (Wildman–Crippen MR) is 109 cm³/mol. The zero-order chi connectivity index (χ0) is 19.5. The van der Waals surface area contributed by atoms with Gasteiger partial charge in [-0.3, -0.25) is 4.79 Å². The minimum Gasteiger partial charge on any atom is -0.352 e. The largest absolute Gasteiger partial charge is 0.352 e. The number of nitrogens with one attached hydrogen (secondary N) is 2. The molecule has 5 heteroatoms. The summed E-state index contributed by atoms with van der Waals surface area (Å²) in [4.78, 5) is 26.9. The summed E-state index contributed by atoms with van der Waals surface area (Å²) in [6.45, 7) is 4.12. The second kappa shape index (κ2) is 8.05. The molecular formula is C23H27N3O2. The highest BCUT2D eigenvalue weighted by molar-refractivity contribution is 5.96. The Morgan fingerprint density at radius 2 is 2.07 bits per heavy atom. The number of carbonyl (C=O) groups excluding carboxylic acids is 2. The van der Waals surface area contributed by atoms with E-state index in [2.05, 4.69) is 41.8 Å². The molecule has 0 aromatic heterocycles. The number of benzene rings is 2. The maximum Gasteiger partial charge on any atom is 0.317 e. The number of carbonyl (C=O) groups is 2. The standard InChI is InChI=1S/C23H27N3O2/c1-16(18-6-3-2-4-7-18)21-8-5-13-26(21)23(28)25-15-17-9-10-19-11-12-24-22(27)20(19)14-17/h2-4,6-7,9-10,14,16,21H,5,8,11-13,15H2,1H3,(H,24,27)(H,25,28). The first-order chi connectivity index (χ1) is 13.6. The average molecular weight is 377 g/mol. The van der Waals surface area contributed by atoms with Crippen molar-refractivity contribution in [2.45, 2.75) is 44.7 Å². The Kier molecular flexibility index (Phi) is 5.33. The molecule has 146 valence electrons. The van der Waals surface area contributed by atoms with Gasteiger partial charge in [0.1, 0.15) is 0 Å². The zero-order valence-electron chi connectivity index (χ0n) is 16.3. The Bertz CT molecular complexity index is 865. The van der Waals surface area contributed by atoms with Crippen molar-refractivity contribution in [2.24, 2.45) is 0 Å². The van der Waals surface area contributed by atoms with Gasteiger partial charge in [-0.1, -0.05) is 49.4 Å². The highest BCUT2D eigenvalue weighted by atomic mass is 16.2. The van der Waals surface area contributed by atoms with Crippen LogP contribution in [0.2, 0.25) is 0 Å². The fourth-order valence-electron chi connectivity index (χ4n) is 4.39. The number of nitrogens with zero attached hydrogens (tertiary/aromatic N) is 1. The maximum atomic E-state index is 12.9. The minimum atomic E-state index is -0.0225. The van der Waals surface area contributed by atoms with Crippen LogP contribution in [-0.4, -0.2) is 36.0 Å². The predicted octanol–water partition coefficient (Wildman–Crippen LogP) is 3.45. The Labute approximate surface area is 166 Å². The van der Waals surface area contributed by atoms with Crippen LogP contribution in [0, 0.1) is 0 Å². The monoisotopic (exact) mass is 377 g/mol. The third-order valence-electron chi connectivity index (χ3n) is 6.01. The van der Waals surface area contributed by atoms with Crippen LogP contribution >= 0.6 is 0 Å². The highest BCUT2D eigenvalue weighted by Crippen LogP contribution is 2.30. The Morgan fingerprint density at radius 3 is 2.89 bits per heavy atom. The SMILES string of the molecule is CC(c1ccccc1)C1CCCN1C(=O)NCc1ccc2c(c1)C(=O)NCC2. The first-order valence-corrected chi connectivity index (χ1v) is 10.1. The third-order valence-corrected chi connectivity index (χ3v) is 6.01. The molecule has 2 unspecified atom stereocenters. The number of hydrogen-bond donors (Lipinski definition) is 2. The van der Waals surface area contributed by atoms with E-state index < -0.39 is 0 Å². The fourth-order valence-corrected chi connectivity index (χ4v) is 4.39. The molecule has 28 heavy (non-hydrogen) atoms. The molecule has 2 aliphatic heterocycles. The van der Waals surface area contributed by atoms with Gasteiger partial charge in [-0.05, 0) is 42.0 Å². The summed E-state index contributed by atoms with van der Waals surface area (Å²) in [7, 11) is 0. The number of likely N-dealkylation sites (tertiary alicyclic amines) is 1. The van der Waals surface area contributed by atoms with Gasteiger partial charge in [0.2, 0.25) is 0 Å². The van der Waals surface area contributed by atoms with Crippen LogP contribution in [0.25, 0.3) is 0 Å². The normalized spacial score (nSPS) is 19.7. The van der Waals surface area contributed by atoms with Gasteiger partial charge in [0.15, 0.2) is 0 Å². The topological polar surface area (TPSA) is 61.4 Å². The quantitative estimate of drug-likeness (QED) is 0.857. The van der Waals surface area contributed by atoms with Crippen molar-refractivity contribution in [3.63, 3.8) is 0 Å². The van der Waals surface area contributed by atoms with Crippen LogP contribution < -0.4 is 10.6 Å². The second-order valence-corrected chi connectivity index (χ2v) is 7.76. The molecule has 1 fully saturated rings. The molecule has 2 aliphatic rings. The van der Waals surface area contributed by atoms with Gasteiger partial charge in [0.25, 0.3) is 5.91 Å². The molecule has 0 saturated carbocycles. The lowest BCUT2D eigenvalue weighted by Gasteiger charge is -2.30. The number of hydrogen-bond acceptors (Lipinski definition) is 2. The summed E-state index contributed by atoms with van der Waals surface area (Å²) in [5, 5.41) is 5.93. The smallest absolute Gasteiger partial charge is 0.317 e. The van der Waals surface area contributed by atoms with E-state index in [1.165, 1.54) is 5.56 Å². The summed E-state index contributed by atoms with van der Waals surface area (Å²) in [5.74, 6) is 0.285. The molecule has 1 saturated heterocycles. The van der Waals surface area contributed by atoms with E-state index in [9.17, 15) is 9.59 Å². The third kappa shape index (κ3) is 3.75. The van der Waals surface area contributed by atoms with Gasteiger partial charge in [-0.25, -0.2) is 4.79 Å². The lowest BCUT2D eigenvalue weighted by Crippen LogP contribution is -2.44. The molecule has 0 spiro atoms. The molecule has 0 aliphatic carbocycles. The van der Waals surface area contributed by atoms with E-state index in [0.29, 0.717) is 19.0 Å². The van der Waals surface area contributed by atoms with Gasteiger partial charge >= 0.3 is 6.03 Å². The summed E-state index contributed by atoms with van der Waals surface area (Å²) >= 11 is 0. The molecule has 2 aromatic carbocycles. The van der Waals surface area contributed by atoms with Crippen molar-refractivity contribution in [2.75, 3.05) is 13.1 Å². The van der Waals surface area contributed by atoms with E-state index in [1.807, 2.05) is 29.2 Å². The lowest BCUT2D eigenvalue weighted by atomic mass is 9.92. The molecule has 0 radical (unpaired) electrons. The highest BCUT2D eigenvalue weighted by Gasteiger charge is 2.33. The summed E-state index contributed by atoms with van der Waals surface area (Å²) < 4.78 is 0. The average Bonchev–Trinajstić information content (AvgIpc) is 3.22. The molecule has 3 amide bonds. The number of urea groups is 1. The second-order valence-electron chi connectivity index (χ2n) is 7.76. The molecule has 0 bridgehead atoms. The number of rotatable bonds is 4. The minimum absolute atomic E-state index is 0.0209. The van der Waals surface area contributed by atoms with Crippen molar-refractivity contribution in [3.05, 3.63) is 70.8 Å². The Morgan fingerprint density at radius 1 is 1.25 bits per heavy atom. The van der Waals surface area contributed by atoms with Gasteiger partial charge in [-0.2, -0.15) is 0 Å². The first kappa shape index (κ1) is 18.5. The van der Waals surface area contributed by atoms with Crippen LogP contribution in [0.3, 0.4) is 0 Å². The fraction of sp³-hybridized carbons (Fsp3) is 0.391. The van der Waals surface area contributed by atoms with Crippen LogP contribution in [0.1, 0.15) is 52.7 Å². The summed E-state index contributed by atoms with van der Waals surface area (Å²) in [6, 6.07) is 16.5. The van der Waals surface area contributed by atoms with E-state index in [0.717, 1.165) is 42.5 Å². The molecular weight excluding hydrogens is 350 g/mol. The van der Waals surface area contributed by atoms with Gasteiger partial charge in [0, 0.05) is 37.2 Å². The van der Waals surface area contributed by atoms with Crippen molar-refractivity contribution in [1.29, 1.82) is 0 Å². The van der Waals surface area contributed by atoms with Crippen molar-refractivity contribution >= 4 is 11.9 Å². The Hall–Kier alpha value is -2.82. The van der Waals surface area contributed by atoms with Crippen LogP contribution in [0.5, 0.6) is 0 Å². The van der Waals surface area contributed by atoms with E-state index in [1.54, 1.807) is 0 Å². The number of amides is 3. The summed E-state index contributed by atoms with van der Waals surface area (Å²) in [6.07, 6.45) is 2.93. The number of fused-ring (bicyclic) bond motifs is 1. The van der Waals surface area contributed by atoms with Crippen molar-refractivity contribution < 1.29 is 9.59 Å². The van der Waals surface area contributed by atoms with E-state index >= 15 is 0 Å². The van der Waals surface area contributed by atoms with Crippen molar-refractivity contribution in [1.82, 2.24) is 15.5 Å². The van der Waals surface area contributed by atoms with Crippen molar-refractivity contribution in [3.8, 4) is 0 Å².